The fourth-order valence-corrected chi connectivity index (χ4v) is 3.74. The van der Waals surface area contributed by atoms with Gasteiger partial charge in [0.05, 0.1) is 11.7 Å². The number of rotatable bonds is 7. The summed E-state index contributed by atoms with van der Waals surface area (Å²) < 4.78 is 8.75. The van der Waals surface area contributed by atoms with Crippen molar-refractivity contribution in [1.29, 1.82) is 0 Å². The SMILES string of the molecule is C[Si](C)(C)CCOCn1ncc2cc(C(=O)c3ccc(I)cc3)ccc21. The number of ether oxygens (including phenoxy) is 1. The molecule has 1 aromatic heterocycles. The van der Waals surface area contributed by atoms with Crippen LogP contribution >= 0.6 is 22.6 Å². The van der Waals surface area contributed by atoms with E-state index in [2.05, 4.69) is 47.3 Å². The standard InChI is InChI=1S/C20H23IN2O2Si/c1-26(2,3)11-10-25-14-23-19-9-6-16(12-17(19)13-22-23)20(24)15-4-7-18(21)8-5-15/h4-9,12-13H,10-11,14H2,1-3H3. The van der Waals surface area contributed by atoms with Gasteiger partial charge < -0.3 is 4.74 Å². The molecule has 0 bridgehead atoms. The average Bonchev–Trinajstić information content (AvgIpc) is 3.00. The van der Waals surface area contributed by atoms with E-state index in [4.69, 9.17) is 4.74 Å². The number of carbonyl (C=O) groups is 1. The van der Waals surface area contributed by atoms with Gasteiger partial charge in [-0.15, -0.1) is 0 Å². The maximum atomic E-state index is 12.7. The number of aromatic nitrogens is 2. The van der Waals surface area contributed by atoms with Gasteiger partial charge in [-0.3, -0.25) is 4.79 Å². The molecule has 0 unspecified atom stereocenters. The summed E-state index contributed by atoms with van der Waals surface area (Å²) in [5.74, 6) is 0.0300. The van der Waals surface area contributed by atoms with Crippen molar-refractivity contribution in [3.8, 4) is 0 Å². The van der Waals surface area contributed by atoms with Crippen molar-refractivity contribution >= 4 is 47.4 Å². The summed E-state index contributed by atoms with van der Waals surface area (Å²) in [6, 6.07) is 14.5. The molecule has 0 aliphatic carbocycles. The molecule has 1 heterocycles. The van der Waals surface area contributed by atoms with Crippen molar-refractivity contribution < 1.29 is 9.53 Å². The topological polar surface area (TPSA) is 44.1 Å². The summed E-state index contributed by atoms with van der Waals surface area (Å²) in [6.07, 6.45) is 1.79. The summed E-state index contributed by atoms with van der Waals surface area (Å²) in [6.45, 7) is 8.22. The molecule has 3 rings (SSSR count). The second-order valence-electron chi connectivity index (χ2n) is 7.60. The molecule has 0 spiro atoms. The molecule has 0 aliphatic rings. The molecule has 4 nitrogen and oxygen atoms in total. The quantitative estimate of drug-likeness (QED) is 0.203. The second kappa shape index (κ2) is 8.02. The largest absolute Gasteiger partial charge is 0.360 e. The molecule has 136 valence electrons. The fraction of sp³-hybridized carbons (Fsp3) is 0.300. The predicted octanol–water partition coefficient (Wildman–Crippen LogP) is 5.18. The third-order valence-corrected chi connectivity index (χ3v) is 6.64. The van der Waals surface area contributed by atoms with E-state index in [0.717, 1.165) is 27.1 Å². The van der Waals surface area contributed by atoms with Gasteiger partial charge in [-0.1, -0.05) is 19.6 Å². The van der Waals surface area contributed by atoms with E-state index in [1.165, 1.54) is 0 Å². The zero-order valence-corrected chi connectivity index (χ0v) is 18.5. The first-order valence-electron chi connectivity index (χ1n) is 8.67. The van der Waals surface area contributed by atoms with Crippen LogP contribution in [0.15, 0.2) is 48.7 Å². The zero-order valence-electron chi connectivity index (χ0n) is 15.3. The van der Waals surface area contributed by atoms with Gasteiger partial charge in [0.1, 0.15) is 6.73 Å². The van der Waals surface area contributed by atoms with Crippen LogP contribution < -0.4 is 0 Å². The number of hydrogen-bond donors (Lipinski definition) is 0. The van der Waals surface area contributed by atoms with Crippen LogP contribution in [-0.2, 0) is 11.5 Å². The highest BCUT2D eigenvalue weighted by Crippen LogP contribution is 2.19. The molecule has 6 heteroatoms. The highest BCUT2D eigenvalue weighted by atomic mass is 127. The number of ketones is 1. The van der Waals surface area contributed by atoms with Gasteiger partial charge in [0.15, 0.2) is 5.78 Å². The first kappa shape index (κ1) is 19.3. The highest BCUT2D eigenvalue weighted by molar-refractivity contribution is 14.1. The van der Waals surface area contributed by atoms with Crippen LogP contribution in [0.3, 0.4) is 0 Å². The molecule has 0 saturated carbocycles. The average molecular weight is 478 g/mol. The Morgan fingerprint density at radius 2 is 1.81 bits per heavy atom. The van der Waals surface area contributed by atoms with Gasteiger partial charge in [0.2, 0.25) is 0 Å². The molecule has 0 aliphatic heterocycles. The lowest BCUT2D eigenvalue weighted by Crippen LogP contribution is -2.22. The minimum Gasteiger partial charge on any atom is -0.360 e. The van der Waals surface area contributed by atoms with E-state index in [9.17, 15) is 4.79 Å². The van der Waals surface area contributed by atoms with Crippen molar-refractivity contribution in [1.82, 2.24) is 9.78 Å². The number of fused-ring (bicyclic) bond motifs is 1. The van der Waals surface area contributed by atoms with Crippen LogP contribution in [0, 0.1) is 3.57 Å². The van der Waals surface area contributed by atoms with Crippen LogP contribution in [0.5, 0.6) is 0 Å². The molecule has 3 aromatic rings. The summed E-state index contributed by atoms with van der Waals surface area (Å²) in [5.41, 5.74) is 2.36. The fourth-order valence-electron chi connectivity index (χ4n) is 2.63. The normalized spacial score (nSPS) is 11.8. The first-order chi connectivity index (χ1) is 12.3. The van der Waals surface area contributed by atoms with Crippen LogP contribution in [0.1, 0.15) is 15.9 Å². The third kappa shape index (κ3) is 4.80. The number of nitrogens with zero attached hydrogens (tertiary/aromatic N) is 2. The molecular weight excluding hydrogens is 455 g/mol. The Kier molecular flexibility index (Phi) is 5.94. The minimum absolute atomic E-state index is 0.0300. The van der Waals surface area contributed by atoms with E-state index in [1.54, 1.807) is 6.20 Å². The number of halogens is 1. The van der Waals surface area contributed by atoms with Crippen molar-refractivity contribution in [3.05, 3.63) is 63.4 Å². The number of benzene rings is 2. The Morgan fingerprint density at radius 1 is 1.12 bits per heavy atom. The highest BCUT2D eigenvalue weighted by Gasteiger charge is 2.13. The van der Waals surface area contributed by atoms with E-state index < -0.39 is 8.07 Å². The smallest absolute Gasteiger partial charge is 0.193 e. The molecule has 0 N–H and O–H groups in total. The molecular formula is C20H23IN2O2Si. The molecule has 0 fully saturated rings. The number of carbonyl (C=O) groups excluding carboxylic acids is 1. The first-order valence-corrected chi connectivity index (χ1v) is 13.5. The van der Waals surface area contributed by atoms with Gasteiger partial charge in [-0.2, -0.15) is 5.10 Å². The van der Waals surface area contributed by atoms with E-state index >= 15 is 0 Å². The van der Waals surface area contributed by atoms with Crippen LogP contribution in [0.25, 0.3) is 10.9 Å². The summed E-state index contributed by atoms with van der Waals surface area (Å²) in [7, 11) is -1.08. The molecule has 0 amide bonds. The molecule has 26 heavy (non-hydrogen) atoms. The van der Waals surface area contributed by atoms with E-state index in [1.807, 2.05) is 47.1 Å². The Balaban J connectivity index is 1.72. The number of hydrogen-bond acceptors (Lipinski definition) is 3. The molecule has 0 atom stereocenters. The van der Waals surface area contributed by atoms with Gasteiger partial charge in [0.25, 0.3) is 0 Å². The maximum Gasteiger partial charge on any atom is 0.193 e. The summed E-state index contributed by atoms with van der Waals surface area (Å²) in [4.78, 5) is 12.7. The van der Waals surface area contributed by atoms with Crippen molar-refractivity contribution in [2.45, 2.75) is 32.4 Å². The van der Waals surface area contributed by atoms with E-state index in [0.29, 0.717) is 17.9 Å². The lowest BCUT2D eigenvalue weighted by Gasteiger charge is -2.15. The van der Waals surface area contributed by atoms with Crippen LogP contribution in [-0.4, -0.2) is 30.2 Å². The van der Waals surface area contributed by atoms with Crippen molar-refractivity contribution in [2.24, 2.45) is 0 Å². The van der Waals surface area contributed by atoms with Gasteiger partial charge in [-0.05, 0) is 71.1 Å². The summed E-state index contributed by atoms with van der Waals surface area (Å²) in [5, 5.41) is 5.36. The van der Waals surface area contributed by atoms with Gasteiger partial charge in [0, 0.05) is 34.8 Å². The Labute approximate surface area is 168 Å². The minimum atomic E-state index is -1.08. The monoisotopic (exact) mass is 478 g/mol. The lowest BCUT2D eigenvalue weighted by molar-refractivity contribution is 0.0817. The Morgan fingerprint density at radius 3 is 2.50 bits per heavy atom. The predicted molar refractivity (Wildman–Crippen MR) is 116 cm³/mol. The van der Waals surface area contributed by atoms with Gasteiger partial charge in [-0.25, -0.2) is 4.68 Å². The molecule has 0 saturated heterocycles. The Bertz CT molecular complexity index is 914. The Hall–Kier alpha value is -1.51. The molecule has 0 radical (unpaired) electrons. The van der Waals surface area contributed by atoms with Crippen molar-refractivity contribution in [2.75, 3.05) is 6.61 Å². The molecule has 2 aromatic carbocycles. The van der Waals surface area contributed by atoms with Crippen LogP contribution in [0.2, 0.25) is 25.7 Å². The van der Waals surface area contributed by atoms with Crippen LogP contribution in [0.4, 0.5) is 0 Å². The lowest BCUT2D eigenvalue weighted by atomic mass is 10.0. The second-order valence-corrected chi connectivity index (χ2v) is 14.5. The summed E-state index contributed by atoms with van der Waals surface area (Å²) >= 11 is 2.23. The van der Waals surface area contributed by atoms with Gasteiger partial charge >= 0.3 is 0 Å². The van der Waals surface area contributed by atoms with E-state index in [-0.39, 0.29) is 5.78 Å². The zero-order chi connectivity index (χ0) is 18.7. The maximum absolute atomic E-state index is 12.7. The van der Waals surface area contributed by atoms with Crippen molar-refractivity contribution in [3.63, 3.8) is 0 Å². The third-order valence-electron chi connectivity index (χ3n) is 4.22.